The molecule has 0 aliphatic carbocycles. The fraction of sp³-hybridized carbons (Fsp3) is 0.125. The van der Waals surface area contributed by atoms with Gasteiger partial charge in [-0.3, -0.25) is 0 Å². The minimum atomic E-state index is -1.24. The SMILES string of the molecule is CSC#CC(O)(c1ccccc1)c1ccccc1. The van der Waals surface area contributed by atoms with Crippen molar-refractivity contribution in [3.8, 4) is 11.2 Å². The van der Waals surface area contributed by atoms with E-state index in [0.717, 1.165) is 11.1 Å². The number of aliphatic hydroxyl groups is 1. The summed E-state index contributed by atoms with van der Waals surface area (Å²) in [6.45, 7) is 0. The van der Waals surface area contributed by atoms with Crippen LogP contribution in [0.2, 0.25) is 0 Å². The van der Waals surface area contributed by atoms with E-state index in [1.165, 1.54) is 11.8 Å². The molecule has 0 saturated heterocycles. The van der Waals surface area contributed by atoms with Crippen molar-refractivity contribution in [3.63, 3.8) is 0 Å². The van der Waals surface area contributed by atoms with Crippen molar-refractivity contribution in [1.29, 1.82) is 0 Å². The molecular weight excluding hydrogens is 240 g/mol. The molecule has 0 spiro atoms. The lowest BCUT2D eigenvalue weighted by atomic mass is 9.87. The van der Waals surface area contributed by atoms with Crippen LogP contribution in [0.15, 0.2) is 60.7 Å². The van der Waals surface area contributed by atoms with Crippen molar-refractivity contribution < 1.29 is 5.11 Å². The third-order valence-electron chi connectivity index (χ3n) is 2.72. The summed E-state index contributed by atoms with van der Waals surface area (Å²) in [6.07, 6.45) is 1.89. The van der Waals surface area contributed by atoms with E-state index in [-0.39, 0.29) is 0 Å². The highest BCUT2D eigenvalue weighted by Gasteiger charge is 2.28. The zero-order chi connectivity index (χ0) is 12.8. The molecule has 2 aromatic carbocycles. The largest absolute Gasteiger partial charge is 0.369 e. The molecule has 2 aromatic rings. The smallest absolute Gasteiger partial charge is 0.177 e. The van der Waals surface area contributed by atoms with Gasteiger partial charge in [0.25, 0.3) is 0 Å². The monoisotopic (exact) mass is 254 g/mol. The van der Waals surface area contributed by atoms with Gasteiger partial charge in [-0.1, -0.05) is 72.4 Å². The number of hydrogen-bond donors (Lipinski definition) is 1. The van der Waals surface area contributed by atoms with Gasteiger partial charge in [0.2, 0.25) is 0 Å². The molecule has 0 heterocycles. The molecular formula is C16H14OS. The highest BCUT2D eigenvalue weighted by atomic mass is 32.2. The van der Waals surface area contributed by atoms with Gasteiger partial charge in [0.15, 0.2) is 5.60 Å². The maximum atomic E-state index is 10.9. The predicted molar refractivity (Wildman–Crippen MR) is 77.2 cm³/mol. The normalized spacial score (nSPS) is 10.6. The van der Waals surface area contributed by atoms with Gasteiger partial charge in [-0.25, -0.2) is 0 Å². The summed E-state index contributed by atoms with van der Waals surface area (Å²) in [7, 11) is 0. The van der Waals surface area contributed by atoms with E-state index in [0.29, 0.717) is 0 Å². The van der Waals surface area contributed by atoms with Crippen LogP contribution in [0, 0.1) is 11.2 Å². The molecule has 1 nitrogen and oxygen atoms in total. The van der Waals surface area contributed by atoms with E-state index < -0.39 is 5.60 Å². The summed E-state index contributed by atoms with van der Waals surface area (Å²) < 4.78 is 0. The number of thioether (sulfide) groups is 1. The van der Waals surface area contributed by atoms with Crippen LogP contribution in [0.1, 0.15) is 11.1 Å². The maximum Gasteiger partial charge on any atom is 0.177 e. The highest BCUT2D eigenvalue weighted by Crippen LogP contribution is 2.28. The van der Waals surface area contributed by atoms with Crippen molar-refractivity contribution >= 4 is 11.8 Å². The molecule has 0 aromatic heterocycles. The van der Waals surface area contributed by atoms with Gasteiger partial charge in [-0.05, 0) is 17.4 Å². The lowest BCUT2D eigenvalue weighted by molar-refractivity contribution is 0.145. The van der Waals surface area contributed by atoms with Crippen molar-refractivity contribution in [2.45, 2.75) is 5.60 Å². The molecule has 2 heteroatoms. The van der Waals surface area contributed by atoms with E-state index in [1.54, 1.807) is 0 Å². The summed E-state index contributed by atoms with van der Waals surface area (Å²) >= 11 is 1.40. The van der Waals surface area contributed by atoms with Crippen molar-refractivity contribution in [2.24, 2.45) is 0 Å². The second-order valence-corrected chi connectivity index (χ2v) is 4.49. The Morgan fingerprint density at radius 2 is 1.33 bits per heavy atom. The van der Waals surface area contributed by atoms with Crippen LogP contribution in [0.25, 0.3) is 0 Å². The molecule has 0 aliphatic heterocycles. The van der Waals surface area contributed by atoms with Gasteiger partial charge in [-0.15, -0.1) is 0 Å². The quantitative estimate of drug-likeness (QED) is 0.830. The Labute approximate surface area is 112 Å². The molecule has 0 fully saturated rings. The third-order valence-corrected chi connectivity index (χ3v) is 3.02. The van der Waals surface area contributed by atoms with Gasteiger partial charge in [0.05, 0.1) is 0 Å². The zero-order valence-corrected chi connectivity index (χ0v) is 10.9. The third kappa shape index (κ3) is 2.59. The Bertz CT molecular complexity index is 512. The van der Waals surface area contributed by atoms with Crippen LogP contribution in [-0.2, 0) is 5.60 Å². The topological polar surface area (TPSA) is 20.2 Å². The fourth-order valence-electron chi connectivity index (χ4n) is 1.79. The molecule has 0 unspecified atom stereocenters. The predicted octanol–water partition coefficient (Wildman–Crippen LogP) is 3.25. The first-order chi connectivity index (χ1) is 8.77. The zero-order valence-electron chi connectivity index (χ0n) is 10.1. The molecule has 0 bridgehead atoms. The molecule has 90 valence electrons. The second-order valence-electron chi connectivity index (χ2n) is 3.87. The highest BCUT2D eigenvalue weighted by molar-refractivity contribution is 8.03. The Morgan fingerprint density at radius 3 is 1.72 bits per heavy atom. The van der Waals surface area contributed by atoms with E-state index in [2.05, 4.69) is 11.2 Å². The summed E-state index contributed by atoms with van der Waals surface area (Å²) in [5.41, 5.74) is 0.335. The molecule has 0 aliphatic rings. The molecule has 0 amide bonds. The minimum absolute atomic E-state index is 0.790. The van der Waals surface area contributed by atoms with E-state index in [9.17, 15) is 5.11 Å². The first-order valence-corrected chi connectivity index (χ1v) is 6.88. The van der Waals surface area contributed by atoms with Crippen LogP contribution in [0.4, 0.5) is 0 Å². The minimum Gasteiger partial charge on any atom is -0.369 e. The fourth-order valence-corrected chi connectivity index (χ4v) is 2.04. The van der Waals surface area contributed by atoms with Crippen LogP contribution in [-0.4, -0.2) is 11.4 Å². The average Bonchev–Trinajstić information content (AvgIpc) is 2.46. The molecule has 0 atom stereocenters. The van der Waals surface area contributed by atoms with Crippen molar-refractivity contribution in [1.82, 2.24) is 0 Å². The van der Waals surface area contributed by atoms with E-state index >= 15 is 0 Å². The van der Waals surface area contributed by atoms with E-state index in [1.807, 2.05) is 66.9 Å². The lowest BCUT2D eigenvalue weighted by Crippen LogP contribution is -2.25. The van der Waals surface area contributed by atoms with Crippen molar-refractivity contribution in [2.75, 3.05) is 6.26 Å². The van der Waals surface area contributed by atoms with Gasteiger partial charge in [0.1, 0.15) is 0 Å². The van der Waals surface area contributed by atoms with Gasteiger partial charge >= 0.3 is 0 Å². The first kappa shape index (κ1) is 12.8. The first-order valence-electron chi connectivity index (χ1n) is 5.66. The summed E-state index contributed by atoms with van der Waals surface area (Å²) in [4.78, 5) is 0. The maximum absolute atomic E-state index is 10.9. The number of benzene rings is 2. The average molecular weight is 254 g/mol. The molecule has 18 heavy (non-hydrogen) atoms. The van der Waals surface area contributed by atoms with Crippen molar-refractivity contribution in [3.05, 3.63) is 71.8 Å². The standard InChI is InChI=1S/C16H14OS/c1-18-13-12-16(17,14-8-4-2-5-9-14)15-10-6-3-7-11-15/h2-11,17H,1H3. The molecule has 0 radical (unpaired) electrons. The Kier molecular flexibility index (Phi) is 4.09. The Balaban J connectivity index is 2.55. The lowest BCUT2D eigenvalue weighted by Gasteiger charge is -2.23. The van der Waals surface area contributed by atoms with Crippen LogP contribution >= 0.6 is 11.8 Å². The molecule has 2 rings (SSSR count). The van der Waals surface area contributed by atoms with Gasteiger partial charge in [0, 0.05) is 11.1 Å². The van der Waals surface area contributed by atoms with Gasteiger partial charge in [-0.2, -0.15) is 0 Å². The second kappa shape index (κ2) is 5.77. The number of rotatable bonds is 2. The van der Waals surface area contributed by atoms with E-state index in [4.69, 9.17) is 0 Å². The van der Waals surface area contributed by atoms with Gasteiger partial charge < -0.3 is 5.11 Å². The number of hydrogen-bond acceptors (Lipinski definition) is 2. The Morgan fingerprint density at radius 1 is 0.889 bits per heavy atom. The summed E-state index contributed by atoms with van der Waals surface area (Å²) in [5.74, 6) is 2.95. The molecule has 1 N–H and O–H groups in total. The van der Waals surface area contributed by atoms with Crippen LogP contribution in [0.5, 0.6) is 0 Å². The Hall–Kier alpha value is -1.69. The van der Waals surface area contributed by atoms with Crippen LogP contribution < -0.4 is 0 Å². The van der Waals surface area contributed by atoms with Crippen LogP contribution in [0.3, 0.4) is 0 Å². The summed E-state index contributed by atoms with van der Waals surface area (Å²) in [5, 5.41) is 13.8. The molecule has 0 saturated carbocycles. The summed E-state index contributed by atoms with van der Waals surface area (Å²) in [6, 6.07) is 19.0.